The van der Waals surface area contributed by atoms with E-state index in [2.05, 4.69) is 4.72 Å². The Morgan fingerprint density at radius 2 is 1.64 bits per heavy atom. The third-order valence-corrected chi connectivity index (χ3v) is 4.47. The minimum atomic E-state index is -3.90. The molecule has 0 saturated heterocycles. The van der Waals surface area contributed by atoms with Gasteiger partial charge in [-0.05, 0) is 50.2 Å². The minimum absolute atomic E-state index is 0.110. The van der Waals surface area contributed by atoms with Crippen molar-refractivity contribution >= 4 is 27.4 Å². The quantitative estimate of drug-likeness (QED) is 0.478. The van der Waals surface area contributed by atoms with E-state index in [1.54, 1.807) is 13.8 Å². The van der Waals surface area contributed by atoms with Gasteiger partial charge in [0.2, 0.25) is 0 Å². The number of hydrogen-bond acceptors (Lipinski definition) is 6. The van der Waals surface area contributed by atoms with Crippen molar-refractivity contribution in [3.05, 3.63) is 64.2 Å². The monoisotopic (exact) mass is 364 g/mol. The number of benzene rings is 2. The number of sulfonamides is 1. The SMILES string of the molecule is CC(C)OC(=O)c1ccc(NS(=O)(=O)c2ccc([N+](=O)[O-])cc2)cc1. The van der Waals surface area contributed by atoms with Gasteiger partial charge in [-0.1, -0.05) is 0 Å². The maximum absolute atomic E-state index is 12.3. The molecule has 0 aromatic heterocycles. The number of rotatable bonds is 6. The summed E-state index contributed by atoms with van der Waals surface area (Å²) in [6.07, 6.45) is -0.257. The van der Waals surface area contributed by atoms with Gasteiger partial charge in [0.15, 0.2) is 0 Å². The van der Waals surface area contributed by atoms with Crippen molar-refractivity contribution in [3.63, 3.8) is 0 Å². The van der Waals surface area contributed by atoms with Gasteiger partial charge in [-0.15, -0.1) is 0 Å². The molecule has 0 aliphatic carbocycles. The topological polar surface area (TPSA) is 116 Å². The van der Waals surface area contributed by atoms with E-state index in [4.69, 9.17) is 4.74 Å². The number of hydrogen-bond donors (Lipinski definition) is 1. The molecule has 132 valence electrons. The largest absolute Gasteiger partial charge is 0.459 e. The smallest absolute Gasteiger partial charge is 0.338 e. The summed E-state index contributed by atoms with van der Waals surface area (Å²) >= 11 is 0. The lowest BCUT2D eigenvalue weighted by atomic mass is 10.2. The van der Waals surface area contributed by atoms with E-state index in [1.165, 1.54) is 24.3 Å². The molecule has 8 nitrogen and oxygen atoms in total. The molecule has 0 unspecified atom stereocenters. The summed E-state index contributed by atoms with van der Waals surface area (Å²) < 4.78 is 31.9. The van der Waals surface area contributed by atoms with Crippen molar-refractivity contribution < 1.29 is 22.9 Å². The molecule has 1 N–H and O–H groups in total. The highest BCUT2D eigenvalue weighted by molar-refractivity contribution is 7.92. The zero-order chi connectivity index (χ0) is 18.6. The molecule has 0 amide bonds. The average molecular weight is 364 g/mol. The normalized spacial score (nSPS) is 11.2. The number of nitro groups is 1. The van der Waals surface area contributed by atoms with Crippen molar-refractivity contribution in [1.82, 2.24) is 0 Å². The molecule has 0 fully saturated rings. The number of nitrogens with one attached hydrogen (secondary N) is 1. The number of anilines is 1. The van der Waals surface area contributed by atoms with Crippen molar-refractivity contribution in [2.24, 2.45) is 0 Å². The highest BCUT2D eigenvalue weighted by atomic mass is 32.2. The number of esters is 1. The van der Waals surface area contributed by atoms with Gasteiger partial charge >= 0.3 is 5.97 Å². The molecule has 0 saturated carbocycles. The zero-order valence-electron chi connectivity index (χ0n) is 13.5. The van der Waals surface area contributed by atoms with Gasteiger partial charge in [0.25, 0.3) is 15.7 Å². The Balaban J connectivity index is 2.15. The Labute approximate surface area is 144 Å². The van der Waals surface area contributed by atoms with E-state index < -0.39 is 20.9 Å². The molecular weight excluding hydrogens is 348 g/mol. The van der Waals surface area contributed by atoms with Crippen LogP contribution in [0.15, 0.2) is 53.4 Å². The predicted octanol–water partition coefficient (Wildman–Crippen LogP) is 2.96. The zero-order valence-corrected chi connectivity index (χ0v) is 14.3. The predicted molar refractivity (Wildman–Crippen MR) is 90.9 cm³/mol. The van der Waals surface area contributed by atoms with Gasteiger partial charge in [-0.3, -0.25) is 14.8 Å². The molecule has 0 aliphatic rings. The highest BCUT2D eigenvalue weighted by Crippen LogP contribution is 2.20. The van der Waals surface area contributed by atoms with E-state index in [9.17, 15) is 23.3 Å². The molecule has 9 heteroatoms. The minimum Gasteiger partial charge on any atom is -0.459 e. The molecule has 0 atom stereocenters. The fourth-order valence-electron chi connectivity index (χ4n) is 1.92. The molecular formula is C16H16N2O6S. The second-order valence-electron chi connectivity index (χ2n) is 5.39. The van der Waals surface area contributed by atoms with Crippen LogP contribution in [0.4, 0.5) is 11.4 Å². The number of carbonyl (C=O) groups excluding carboxylic acids is 1. The van der Waals surface area contributed by atoms with Gasteiger partial charge in [0.1, 0.15) is 0 Å². The summed E-state index contributed by atoms with van der Waals surface area (Å²) in [5.41, 5.74) is 0.346. The number of non-ortho nitro benzene ring substituents is 1. The third kappa shape index (κ3) is 4.77. The van der Waals surface area contributed by atoms with Crippen LogP contribution in [0, 0.1) is 10.1 Å². The first-order valence-electron chi connectivity index (χ1n) is 7.27. The van der Waals surface area contributed by atoms with E-state index >= 15 is 0 Å². The lowest BCUT2D eigenvalue weighted by molar-refractivity contribution is -0.384. The summed E-state index contributed by atoms with van der Waals surface area (Å²) in [5, 5.41) is 10.6. The number of nitrogens with zero attached hydrogens (tertiary/aromatic N) is 1. The molecule has 0 spiro atoms. The van der Waals surface area contributed by atoms with Crippen LogP contribution in [0.5, 0.6) is 0 Å². The van der Waals surface area contributed by atoms with Crippen molar-refractivity contribution in [2.75, 3.05) is 4.72 Å². The molecule has 2 aromatic carbocycles. The second kappa shape index (κ2) is 7.31. The summed E-state index contributed by atoms with van der Waals surface area (Å²) in [5.74, 6) is -0.500. The van der Waals surface area contributed by atoms with Crippen LogP contribution in [-0.2, 0) is 14.8 Å². The first-order chi connectivity index (χ1) is 11.7. The first kappa shape index (κ1) is 18.4. The molecule has 0 radical (unpaired) electrons. The summed E-state index contributed by atoms with van der Waals surface area (Å²) in [6, 6.07) is 10.3. The third-order valence-electron chi connectivity index (χ3n) is 3.07. The Hall–Kier alpha value is -2.94. The molecule has 25 heavy (non-hydrogen) atoms. The summed E-state index contributed by atoms with van der Waals surface area (Å²) in [6.45, 7) is 3.45. The lowest BCUT2D eigenvalue weighted by Crippen LogP contribution is -2.14. The van der Waals surface area contributed by atoms with Gasteiger partial charge in [0, 0.05) is 17.8 Å². The molecule has 2 rings (SSSR count). The van der Waals surface area contributed by atoms with Gasteiger partial charge in [-0.25, -0.2) is 13.2 Å². The van der Waals surface area contributed by atoms with Crippen LogP contribution in [-0.4, -0.2) is 25.4 Å². The number of ether oxygens (including phenoxy) is 1. The standard InChI is InChI=1S/C16H16N2O6S/c1-11(2)24-16(19)12-3-5-13(6-4-12)17-25(22,23)15-9-7-14(8-10-15)18(20)21/h3-11,17H,1-2H3. The number of nitro benzene ring substituents is 1. The fourth-order valence-corrected chi connectivity index (χ4v) is 2.98. The summed E-state index contributed by atoms with van der Waals surface area (Å²) in [4.78, 5) is 21.6. The van der Waals surface area contributed by atoms with Crippen molar-refractivity contribution in [3.8, 4) is 0 Å². The van der Waals surface area contributed by atoms with Crippen LogP contribution in [0.2, 0.25) is 0 Å². The van der Waals surface area contributed by atoms with Gasteiger partial charge < -0.3 is 4.74 Å². The maximum atomic E-state index is 12.3. The van der Waals surface area contributed by atoms with E-state index in [-0.39, 0.29) is 22.4 Å². The van der Waals surface area contributed by atoms with E-state index in [0.29, 0.717) is 5.56 Å². The van der Waals surface area contributed by atoms with Gasteiger partial charge in [-0.2, -0.15) is 0 Å². The van der Waals surface area contributed by atoms with Crippen LogP contribution in [0.1, 0.15) is 24.2 Å². The van der Waals surface area contributed by atoms with E-state index in [0.717, 1.165) is 24.3 Å². The number of carbonyl (C=O) groups is 1. The molecule has 2 aromatic rings. The first-order valence-corrected chi connectivity index (χ1v) is 8.75. The Morgan fingerprint density at radius 1 is 1.08 bits per heavy atom. The second-order valence-corrected chi connectivity index (χ2v) is 7.07. The van der Waals surface area contributed by atoms with E-state index in [1.807, 2.05) is 0 Å². The van der Waals surface area contributed by atoms with Crippen LogP contribution >= 0.6 is 0 Å². The molecule has 0 aliphatic heterocycles. The van der Waals surface area contributed by atoms with Gasteiger partial charge in [0.05, 0.1) is 21.5 Å². The van der Waals surface area contributed by atoms with Crippen molar-refractivity contribution in [2.45, 2.75) is 24.8 Å². The Kier molecular flexibility index (Phi) is 5.38. The van der Waals surface area contributed by atoms with Crippen molar-refractivity contribution in [1.29, 1.82) is 0 Å². The Morgan fingerprint density at radius 3 is 2.12 bits per heavy atom. The highest BCUT2D eigenvalue weighted by Gasteiger charge is 2.16. The van der Waals surface area contributed by atoms with Crippen LogP contribution in [0.25, 0.3) is 0 Å². The fraction of sp³-hybridized carbons (Fsp3) is 0.188. The summed E-state index contributed by atoms with van der Waals surface area (Å²) in [7, 11) is -3.90. The maximum Gasteiger partial charge on any atom is 0.338 e. The Bertz CT molecular complexity index is 874. The molecule has 0 heterocycles. The lowest BCUT2D eigenvalue weighted by Gasteiger charge is -2.10. The average Bonchev–Trinajstić information content (AvgIpc) is 2.54. The van der Waals surface area contributed by atoms with Crippen LogP contribution < -0.4 is 4.72 Å². The van der Waals surface area contributed by atoms with Crippen LogP contribution in [0.3, 0.4) is 0 Å². The molecule has 0 bridgehead atoms.